The van der Waals surface area contributed by atoms with Gasteiger partial charge in [-0.15, -0.1) is 0 Å². The molecular weight excluding hydrogens is 358 g/mol. The summed E-state index contributed by atoms with van der Waals surface area (Å²) in [5.74, 6) is 0.491. The Balaban J connectivity index is 1.79. The number of carbonyl (C=O) groups is 2. The molecule has 146 valence electrons. The Morgan fingerprint density at radius 3 is 2.50 bits per heavy atom. The third-order valence-electron chi connectivity index (χ3n) is 4.37. The van der Waals surface area contributed by atoms with Crippen LogP contribution in [0.1, 0.15) is 18.9 Å². The van der Waals surface area contributed by atoms with Crippen molar-refractivity contribution in [2.45, 2.75) is 19.8 Å². The van der Waals surface area contributed by atoms with Crippen LogP contribution in [-0.2, 0) is 16.0 Å². The number of amides is 2. The molecule has 7 heteroatoms. The maximum atomic E-state index is 12.1. The van der Waals surface area contributed by atoms with Crippen molar-refractivity contribution >= 4 is 22.9 Å². The normalized spacial score (nSPS) is 10.5. The molecule has 0 bridgehead atoms. The molecule has 2 aromatic carbocycles. The van der Waals surface area contributed by atoms with Crippen LogP contribution in [0.15, 0.2) is 48.5 Å². The van der Waals surface area contributed by atoms with Crippen LogP contribution >= 0.6 is 0 Å². The molecule has 0 aliphatic carbocycles. The zero-order chi connectivity index (χ0) is 19.9. The number of nitrogens with one attached hydrogen (secondary N) is 3. The molecule has 3 N–H and O–H groups in total. The molecule has 1 heterocycles. The smallest absolute Gasteiger partial charge is 0.426 e. The lowest BCUT2D eigenvalue weighted by Gasteiger charge is -2.08. The molecular formula is C21H23N3O4. The fourth-order valence-electron chi connectivity index (χ4n) is 3.05. The van der Waals surface area contributed by atoms with Gasteiger partial charge in [0.25, 0.3) is 0 Å². The Hall–Kier alpha value is -3.48. The summed E-state index contributed by atoms with van der Waals surface area (Å²) in [6.45, 7) is 1.93. The number of hydrogen-bond donors (Lipinski definition) is 3. The van der Waals surface area contributed by atoms with E-state index in [4.69, 9.17) is 9.47 Å². The topological polar surface area (TPSA) is 92.5 Å². The molecule has 28 heavy (non-hydrogen) atoms. The second-order valence-electron chi connectivity index (χ2n) is 6.15. The summed E-state index contributed by atoms with van der Waals surface area (Å²) in [4.78, 5) is 26.8. The van der Waals surface area contributed by atoms with Crippen LogP contribution in [0.2, 0.25) is 0 Å². The quantitative estimate of drug-likeness (QED) is 0.569. The molecule has 0 spiro atoms. The molecule has 0 aliphatic heterocycles. The van der Waals surface area contributed by atoms with Crippen molar-refractivity contribution in [3.63, 3.8) is 0 Å². The third-order valence-corrected chi connectivity index (χ3v) is 4.37. The van der Waals surface area contributed by atoms with E-state index in [9.17, 15) is 9.59 Å². The summed E-state index contributed by atoms with van der Waals surface area (Å²) >= 11 is 0. The highest BCUT2D eigenvalue weighted by Gasteiger charge is 2.15. The van der Waals surface area contributed by atoms with Gasteiger partial charge >= 0.3 is 6.09 Å². The highest BCUT2D eigenvalue weighted by atomic mass is 16.6. The second-order valence-corrected chi connectivity index (χ2v) is 6.15. The molecule has 3 aromatic rings. The number of methoxy groups -OCH3 is 1. The molecule has 1 aromatic heterocycles. The van der Waals surface area contributed by atoms with Crippen LogP contribution in [0.5, 0.6) is 5.75 Å². The zero-order valence-electron chi connectivity index (χ0n) is 15.9. The number of hydrogen-bond acceptors (Lipinski definition) is 4. The van der Waals surface area contributed by atoms with Gasteiger partial charge in [0.1, 0.15) is 5.75 Å². The molecule has 0 aliphatic rings. The van der Waals surface area contributed by atoms with Crippen molar-refractivity contribution in [2.75, 3.05) is 13.7 Å². The second kappa shape index (κ2) is 8.94. The van der Waals surface area contributed by atoms with Gasteiger partial charge < -0.3 is 14.5 Å². The molecule has 0 fully saturated rings. The Bertz CT molecular complexity index is 963. The van der Waals surface area contributed by atoms with E-state index < -0.39 is 6.09 Å². The molecule has 0 radical (unpaired) electrons. The number of aryl methyl sites for hydroxylation is 1. The van der Waals surface area contributed by atoms with Gasteiger partial charge in [0.15, 0.2) is 0 Å². The Kier molecular flexibility index (Phi) is 6.16. The maximum Gasteiger partial charge on any atom is 0.426 e. The first-order chi connectivity index (χ1) is 13.6. The van der Waals surface area contributed by atoms with E-state index in [1.54, 1.807) is 14.0 Å². The predicted octanol–water partition coefficient (Wildman–Crippen LogP) is 3.55. The van der Waals surface area contributed by atoms with Crippen LogP contribution in [0.4, 0.5) is 4.79 Å². The van der Waals surface area contributed by atoms with Crippen LogP contribution < -0.4 is 15.6 Å². The lowest BCUT2D eigenvalue weighted by atomic mass is 10.0. The summed E-state index contributed by atoms with van der Waals surface area (Å²) < 4.78 is 9.95. The van der Waals surface area contributed by atoms with Gasteiger partial charge in [0.05, 0.1) is 13.7 Å². The van der Waals surface area contributed by atoms with Crippen molar-refractivity contribution in [3.05, 3.63) is 54.1 Å². The van der Waals surface area contributed by atoms with Gasteiger partial charge in [0, 0.05) is 23.0 Å². The number of para-hydroxylation sites is 1. The van der Waals surface area contributed by atoms with Gasteiger partial charge in [-0.3, -0.25) is 10.2 Å². The fourth-order valence-corrected chi connectivity index (χ4v) is 3.05. The lowest BCUT2D eigenvalue weighted by Crippen LogP contribution is -2.42. The fraction of sp³-hybridized carbons (Fsp3) is 0.238. The summed E-state index contributed by atoms with van der Waals surface area (Å²) in [5, 5.41) is 1.07. The van der Waals surface area contributed by atoms with E-state index >= 15 is 0 Å². The monoisotopic (exact) mass is 381 g/mol. The molecule has 0 saturated heterocycles. The number of rotatable bonds is 6. The first kappa shape index (κ1) is 19.3. The lowest BCUT2D eigenvalue weighted by molar-refractivity contribution is -0.121. The van der Waals surface area contributed by atoms with E-state index in [0.717, 1.165) is 33.5 Å². The standard InChI is InChI=1S/C21H23N3O4/c1-3-28-21(26)24-23-19(25)13-12-17-16-6-4-5-7-18(16)22-20(17)14-8-10-15(27-2)11-9-14/h4-11,22H,3,12-13H2,1-2H3,(H,23,25)(H,24,26). The van der Waals surface area contributed by atoms with Gasteiger partial charge in [-0.1, -0.05) is 18.2 Å². The van der Waals surface area contributed by atoms with E-state index in [1.807, 2.05) is 48.5 Å². The van der Waals surface area contributed by atoms with Crippen molar-refractivity contribution < 1.29 is 19.1 Å². The van der Waals surface area contributed by atoms with Crippen LogP contribution in [-0.4, -0.2) is 30.7 Å². The molecule has 2 amide bonds. The number of ether oxygens (including phenoxy) is 2. The SMILES string of the molecule is CCOC(=O)NNC(=O)CCc1c(-c2ccc(OC)cc2)[nH]c2ccccc12. The largest absolute Gasteiger partial charge is 0.497 e. The zero-order valence-corrected chi connectivity index (χ0v) is 15.9. The van der Waals surface area contributed by atoms with Crippen LogP contribution in [0.3, 0.4) is 0 Å². The first-order valence-corrected chi connectivity index (χ1v) is 9.08. The predicted molar refractivity (Wildman–Crippen MR) is 107 cm³/mol. The Labute approximate surface area is 163 Å². The Morgan fingerprint density at radius 1 is 1.04 bits per heavy atom. The minimum atomic E-state index is -0.679. The average molecular weight is 381 g/mol. The number of fused-ring (bicyclic) bond motifs is 1. The Morgan fingerprint density at radius 2 is 1.79 bits per heavy atom. The molecule has 7 nitrogen and oxygen atoms in total. The summed E-state index contributed by atoms with van der Waals surface area (Å²) in [6, 6.07) is 15.7. The average Bonchev–Trinajstić information content (AvgIpc) is 3.09. The van der Waals surface area contributed by atoms with E-state index in [-0.39, 0.29) is 18.9 Å². The molecule has 0 unspecified atom stereocenters. The summed E-state index contributed by atoms with van der Waals surface area (Å²) in [6.07, 6.45) is 0.0564. The number of carbonyl (C=O) groups excluding carboxylic acids is 2. The first-order valence-electron chi connectivity index (χ1n) is 9.08. The van der Waals surface area contributed by atoms with E-state index in [1.165, 1.54) is 0 Å². The number of aromatic nitrogens is 1. The third kappa shape index (κ3) is 4.43. The minimum absolute atomic E-state index is 0.220. The van der Waals surface area contributed by atoms with Gasteiger partial charge in [-0.05, 0) is 54.8 Å². The van der Waals surface area contributed by atoms with Gasteiger partial charge in [0.2, 0.25) is 5.91 Å². The van der Waals surface area contributed by atoms with E-state index in [0.29, 0.717) is 6.42 Å². The van der Waals surface area contributed by atoms with Gasteiger partial charge in [-0.25, -0.2) is 10.2 Å². The van der Waals surface area contributed by atoms with Crippen molar-refractivity contribution in [1.82, 2.24) is 15.8 Å². The maximum absolute atomic E-state index is 12.1. The number of aromatic amines is 1. The molecule has 3 rings (SSSR count). The van der Waals surface area contributed by atoms with Crippen LogP contribution in [0.25, 0.3) is 22.2 Å². The summed E-state index contributed by atoms with van der Waals surface area (Å²) in [5.41, 5.74) is 8.62. The van der Waals surface area contributed by atoms with E-state index in [2.05, 4.69) is 15.8 Å². The summed E-state index contributed by atoms with van der Waals surface area (Å²) in [7, 11) is 1.63. The van der Waals surface area contributed by atoms with Gasteiger partial charge in [-0.2, -0.15) is 0 Å². The molecule has 0 atom stereocenters. The highest BCUT2D eigenvalue weighted by Crippen LogP contribution is 2.32. The van der Waals surface area contributed by atoms with Crippen LogP contribution in [0, 0.1) is 0 Å². The number of hydrazine groups is 1. The van der Waals surface area contributed by atoms with Crippen molar-refractivity contribution in [3.8, 4) is 17.0 Å². The minimum Gasteiger partial charge on any atom is -0.497 e. The highest BCUT2D eigenvalue weighted by molar-refractivity contribution is 5.91. The van der Waals surface area contributed by atoms with Crippen molar-refractivity contribution in [1.29, 1.82) is 0 Å². The van der Waals surface area contributed by atoms with Crippen molar-refractivity contribution in [2.24, 2.45) is 0 Å². The molecule has 0 saturated carbocycles. The number of benzene rings is 2. The number of H-pyrrole nitrogens is 1.